The summed E-state index contributed by atoms with van der Waals surface area (Å²) in [6.07, 6.45) is 3.46. The van der Waals surface area contributed by atoms with Gasteiger partial charge in [0.15, 0.2) is 23.3 Å². The van der Waals surface area contributed by atoms with Crippen LogP contribution in [0.4, 0.5) is 0 Å². The number of quaternary nitrogens is 4. The van der Waals surface area contributed by atoms with E-state index in [0.717, 1.165) is 69.8 Å². The van der Waals surface area contributed by atoms with Gasteiger partial charge in [-0.05, 0) is 175 Å². The Morgan fingerprint density at radius 1 is 0.352 bits per heavy atom. The molecule has 108 heavy (non-hydrogen) atoms. The number of aliphatic hydroxyl groups is 2. The van der Waals surface area contributed by atoms with E-state index >= 15 is 0 Å². The molecule has 8 aromatic carbocycles. The fourth-order valence-electron chi connectivity index (χ4n) is 12.5. The minimum absolute atomic E-state index is 0.0835. The largest absolute Gasteiger partial charge is 0.523 e. The first-order chi connectivity index (χ1) is 51.6. The number of carbonyl (C=O) groups is 2. The number of hydrogen-bond donors (Lipinski definition) is 6. The van der Waals surface area contributed by atoms with Gasteiger partial charge in [-0.2, -0.15) is 0 Å². The lowest BCUT2D eigenvalue weighted by Gasteiger charge is -2.23. The zero-order chi connectivity index (χ0) is 76.1. The first-order valence-corrected chi connectivity index (χ1v) is 36.3. The highest BCUT2D eigenvalue weighted by Gasteiger charge is 2.27. The van der Waals surface area contributed by atoms with Gasteiger partial charge in [0.25, 0.3) is 11.8 Å². The van der Waals surface area contributed by atoms with Crippen molar-refractivity contribution in [1.82, 2.24) is 50.5 Å². The molecule has 0 saturated heterocycles. The van der Waals surface area contributed by atoms with Crippen molar-refractivity contribution in [3.63, 3.8) is 0 Å². The summed E-state index contributed by atoms with van der Waals surface area (Å²) in [5.74, 6) is 5.52. The lowest BCUT2D eigenvalue weighted by atomic mass is 10.1. The Labute approximate surface area is 628 Å². The SMILES string of the molecule is C[N+](C)(C)CCCNC(=O)c1ccc(Oc2ccc3c(c2)-c2nc4nc(nc5[n-]c([n-]c6nc(nc-3n2)-c2cc(Oc3ccc(C(O)=[NH+]CCC[N+](C)(C)C)cc3)ccc2-6)c2cc(Oc3ccc(C(O)=[NH+]CCC[N+](C)(C)C)cc3)ccc52)-c2cc(Oc3ccc(C(=O)NCCC[N+](C)(C)C)cc3)ccc2-4)cc1. The number of benzene rings is 8. The van der Waals surface area contributed by atoms with Crippen LogP contribution in [0.3, 0.4) is 0 Å². The molecule has 0 saturated carbocycles. The second-order valence-corrected chi connectivity index (χ2v) is 31.4. The van der Waals surface area contributed by atoms with Crippen molar-refractivity contribution in [2.45, 2.75) is 25.7 Å². The number of fused-ring (bicyclic) bond motifs is 20. The summed E-state index contributed by atoms with van der Waals surface area (Å²) in [4.78, 5) is 74.7. The van der Waals surface area contributed by atoms with Crippen LogP contribution < -0.4 is 49.5 Å². The highest BCUT2D eigenvalue weighted by Crippen LogP contribution is 2.44. The van der Waals surface area contributed by atoms with Crippen molar-refractivity contribution in [2.75, 3.05) is 137 Å². The molecule has 0 atom stereocenters. The van der Waals surface area contributed by atoms with E-state index in [1.165, 1.54) is 0 Å². The summed E-state index contributed by atoms with van der Waals surface area (Å²) in [5, 5.41) is 29.3. The molecule has 554 valence electrons. The summed E-state index contributed by atoms with van der Waals surface area (Å²) in [5.41, 5.74) is 6.49. The summed E-state index contributed by atoms with van der Waals surface area (Å²) >= 11 is 0. The predicted molar refractivity (Wildman–Crippen MR) is 418 cm³/mol. The maximum absolute atomic E-state index is 13.2. The molecule has 8 bridgehead atoms. The Balaban J connectivity index is 0.908. The Bertz CT molecular complexity index is 5280. The molecule has 0 fully saturated rings. The van der Waals surface area contributed by atoms with Crippen molar-refractivity contribution in [1.29, 1.82) is 0 Å². The summed E-state index contributed by atoms with van der Waals surface area (Å²) < 4.78 is 29.4. The van der Waals surface area contributed by atoms with Crippen LogP contribution >= 0.6 is 0 Å². The van der Waals surface area contributed by atoms with Crippen LogP contribution in [0.15, 0.2) is 170 Å². The predicted octanol–water partition coefficient (Wildman–Crippen LogP) is 9.82. The van der Waals surface area contributed by atoms with Crippen molar-refractivity contribution in [3.05, 3.63) is 192 Å². The van der Waals surface area contributed by atoms with Crippen molar-refractivity contribution in [2.24, 2.45) is 0 Å². The third-order valence-corrected chi connectivity index (χ3v) is 18.2. The minimum Gasteiger partial charge on any atom is -0.523 e. The van der Waals surface area contributed by atoms with E-state index in [1.807, 2.05) is 72.8 Å². The van der Waals surface area contributed by atoms with Gasteiger partial charge in [-0.25, -0.2) is 34.9 Å². The molecule has 5 heterocycles. The number of hydrogen-bond acceptors (Lipinski definition) is 12. The van der Waals surface area contributed by atoms with Gasteiger partial charge in [0.05, 0.1) is 135 Å². The Morgan fingerprint density at radius 3 is 1.08 bits per heavy atom. The summed E-state index contributed by atoms with van der Waals surface area (Å²) in [7, 11) is 25.6. The van der Waals surface area contributed by atoms with Gasteiger partial charge in [-0.3, -0.25) is 9.59 Å². The van der Waals surface area contributed by atoms with Crippen molar-refractivity contribution >= 4 is 45.7 Å². The third kappa shape index (κ3) is 18.8. The van der Waals surface area contributed by atoms with E-state index in [-0.39, 0.29) is 46.7 Å². The molecule has 0 aliphatic carbocycles. The van der Waals surface area contributed by atoms with Gasteiger partial charge in [-0.1, -0.05) is 6.07 Å². The average Bonchev–Trinajstić information content (AvgIpc) is 1.60. The van der Waals surface area contributed by atoms with Crippen LogP contribution in [-0.4, -0.2) is 219 Å². The normalized spacial score (nSPS) is 12.6. The zero-order valence-electron chi connectivity index (χ0n) is 63.4. The van der Waals surface area contributed by atoms with Gasteiger partial charge in [-0.15, -0.1) is 11.3 Å². The second kappa shape index (κ2) is 31.2. The Morgan fingerprint density at radius 2 is 0.676 bits per heavy atom. The van der Waals surface area contributed by atoms with E-state index < -0.39 is 0 Å². The van der Waals surface area contributed by atoms with Gasteiger partial charge in [0, 0.05) is 82.1 Å². The summed E-state index contributed by atoms with van der Waals surface area (Å²) in [6, 6.07) is 50.8. The maximum atomic E-state index is 13.2. The van der Waals surface area contributed by atoms with Gasteiger partial charge in [0.2, 0.25) is 0 Å². The second-order valence-electron chi connectivity index (χ2n) is 31.4. The highest BCUT2D eigenvalue weighted by atomic mass is 16.5. The third-order valence-electron chi connectivity index (χ3n) is 18.2. The lowest BCUT2D eigenvalue weighted by Crippen LogP contribution is -2.73. The molecule has 0 unspecified atom stereocenters. The molecule has 24 nitrogen and oxygen atoms in total. The molecule has 10 aromatic rings. The van der Waals surface area contributed by atoms with E-state index in [0.29, 0.717) is 162 Å². The molecular weight excluding hydrogens is 1360 g/mol. The van der Waals surface area contributed by atoms with E-state index in [9.17, 15) is 19.8 Å². The molecule has 6 N–H and O–H groups in total. The Kier molecular flexibility index (Phi) is 21.5. The number of carbonyl (C=O) groups excluding carboxylic acids is 2. The van der Waals surface area contributed by atoms with Gasteiger partial charge in [0.1, 0.15) is 59.1 Å². The van der Waals surface area contributed by atoms with Crippen LogP contribution in [-0.2, 0) is 0 Å². The molecule has 24 heteroatoms. The standard InChI is InChI=1S/C84H90N16O8/c1-97(2,3)45-13-41-85-81(101)53-17-25-57(26-18-53)105-61-33-37-65-69(49-61)77-89-73(65)94-78-71-51-63(107-59-29-21-55(22-30-59)83(103)87-43-15-47-99(7,8)9)35-39-67(71)75(91-78)96-80-72-52-64(108-60-31-23-56(24-32-60)84(104)88-44-16-48-100(10,11)12)36-40-68(72)76(92-80)95-79-70-50-62(34-38-66(70)74(90-79)93-77)106-58-27-19-54(20-28-58)82(102)86-42-14-46-98(4,5)6/h17-40,49-52H,13-16,41-48H2,1-12H3,(H2-4,85,86,87,88,89,90,91,92,93,94,95,96,101,102,103,104)/p+4. The van der Waals surface area contributed by atoms with Crippen LogP contribution in [0.25, 0.3) is 90.4 Å². The van der Waals surface area contributed by atoms with Gasteiger partial charge >= 0.3 is 11.8 Å². The van der Waals surface area contributed by atoms with E-state index in [1.54, 1.807) is 97.1 Å². The monoisotopic (exact) mass is 1450 g/mol. The number of ether oxygens (including phenoxy) is 4. The lowest BCUT2D eigenvalue weighted by molar-refractivity contribution is -0.871. The fraction of sp³-hybridized carbons (Fsp3) is 0.286. The van der Waals surface area contributed by atoms with Crippen LogP contribution in [0.5, 0.6) is 46.0 Å². The molecule has 0 radical (unpaired) electrons. The molecule has 3 aliphatic rings. The molecule has 13 rings (SSSR count). The summed E-state index contributed by atoms with van der Waals surface area (Å²) in [6.45, 7) is 6.12. The fourth-order valence-corrected chi connectivity index (χ4v) is 12.5. The van der Waals surface area contributed by atoms with Crippen molar-refractivity contribution < 1.29 is 66.7 Å². The molecule has 3 aliphatic heterocycles. The van der Waals surface area contributed by atoms with Crippen LogP contribution in [0.1, 0.15) is 57.5 Å². The topological polar surface area (TPSA) is 269 Å². The minimum atomic E-state index is -0.165. The number of rotatable bonds is 28. The quantitative estimate of drug-likeness (QED) is 0.0115. The van der Waals surface area contributed by atoms with Crippen LogP contribution in [0, 0.1) is 0 Å². The number of amides is 2. The van der Waals surface area contributed by atoms with Crippen LogP contribution in [0.2, 0.25) is 0 Å². The molecular formula is C84H94N16O8+4. The number of nitrogens with one attached hydrogen (secondary N) is 4. The number of aromatic nitrogens is 8. The first-order valence-electron chi connectivity index (χ1n) is 36.3. The smallest absolute Gasteiger partial charge is 0.365 e. The molecule has 2 amide bonds. The molecule has 2 aromatic heterocycles. The van der Waals surface area contributed by atoms with Gasteiger partial charge < -0.3 is 72.7 Å². The van der Waals surface area contributed by atoms with E-state index in [4.69, 9.17) is 58.8 Å². The Hall–Kier alpha value is -12.0. The highest BCUT2D eigenvalue weighted by molar-refractivity contribution is 6.05. The average molecular weight is 1460 g/mol. The van der Waals surface area contributed by atoms with Crippen molar-refractivity contribution in [3.8, 4) is 114 Å². The maximum Gasteiger partial charge on any atom is 0.365 e. The number of aliphatic hydroxyl groups excluding tert-OH is 2. The zero-order valence-corrected chi connectivity index (χ0v) is 63.4. The number of nitrogens with zero attached hydrogens (tertiary/aromatic N) is 12. The first kappa shape index (κ1) is 74.3. The molecule has 0 spiro atoms. The van der Waals surface area contributed by atoms with E-state index in [2.05, 4.69) is 105 Å².